The smallest absolute Gasteiger partial charge is 0.275 e. The Morgan fingerprint density at radius 3 is 2.00 bits per heavy atom. The summed E-state index contributed by atoms with van der Waals surface area (Å²) in [6.07, 6.45) is 1.82. The fraction of sp³-hybridized carbons (Fsp3) is 0.0455. The van der Waals surface area contributed by atoms with Crippen LogP contribution in [0, 0.1) is 11.6 Å². The highest BCUT2D eigenvalue weighted by Gasteiger charge is 2.34. The average Bonchev–Trinajstić information content (AvgIpc) is 3.01. The molecule has 1 amide bonds. The van der Waals surface area contributed by atoms with Crippen LogP contribution in [0.4, 0.5) is 20.2 Å². The van der Waals surface area contributed by atoms with E-state index in [1.165, 1.54) is 24.3 Å². The molecule has 1 atom stereocenters. The number of hydrogen-bond donors (Lipinski definition) is 1. The number of anilines is 2. The third kappa shape index (κ3) is 3.44. The van der Waals surface area contributed by atoms with Crippen LogP contribution in [0.3, 0.4) is 0 Å². The molecule has 1 aliphatic rings. The minimum atomic E-state index is -0.362. The molecule has 1 N–H and O–H groups in total. The molecule has 3 aromatic carbocycles. The molecule has 5 heteroatoms. The summed E-state index contributed by atoms with van der Waals surface area (Å²) in [7, 11) is 0. The summed E-state index contributed by atoms with van der Waals surface area (Å²) in [6.45, 7) is 0. The summed E-state index contributed by atoms with van der Waals surface area (Å²) in [5.41, 5.74) is 2.54. The second-order valence-corrected chi connectivity index (χ2v) is 6.22. The molecule has 0 saturated carbocycles. The van der Waals surface area contributed by atoms with Gasteiger partial charge in [0.15, 0.2) is 0 Å². The summed E-state index contributed by atoms with van der Waals surface area (Å²) in [5, 5.41) is 3.06. The topological polar surface area (TPSA) is 32.3 Å². The zero-order valence-electron chi connectivity index (χ0n) is 14.3. The van der Waals surface area contributed by atoms with Crippen LogP contribution in [0.5, 0.6) is 0 Å². The fourth-order valence-corrected chi connectivity index (χ4v) is 3.12. The highest BCUT2D eigenvalue weighted by atomic mass is 19.1. The van der Waals surface area contributed by atoms with Gasteiger partial charge in [0, 0.05) is 11.4 Å². The van der Waals surface area contributed by atoms with Crippen molar-refractivity contribution in [3.05, 3.63) is 108 Å². The first-order valence-electron chi connectivity index (χ1n) is 8.50. The molecule has 0 unspecified atom stereocenters. The van der Waals surface area contributed by atoms with Crippen molar-refractivity contribution in [2.75, 3.05) is 10.2 Å². The first-order chi connectivity index (χ1) is 13.1. The highest BCUT2D eigenvalue weighted by molar-refractivity contribution is 6.11. The molecule has 0 fully saturated rings. The van der Waals surface area contributed by atoms with Crippen molar-refractivity contribution in [1.82, 2.24) is 0 Å². The molecule has 3 nitrogen and oxygen atoms in total. The van der Waals surface area contributed by atoms with E-state index in [0.717, 1.165) is 5.56 Å². The van der Waals surface area contributed by atoms with Crippen molar-refractivity contribution in [1.29, 1.82) is 0 Å². The number of carbonyl (C=O) groups excluding carboxylic acids is 1. The Labute approximate surface area is 155 Å². The normalized spacial score (nSPS) is 16.4. The summed E-state index contributed by atoms with van der Waals surface area (Å²) in [4.78, 5) is 14.7. The maximum atomic E-state index is 13.3. The van der Waals surface area contributed by atoms with Gasteiger partial charge in [-0.05, 0) is 60.2 Å². The Hall–Kier alpha value is -3.47. The number of amides is 1. The predicted molar refractivity (Wildman–Crippen MR) is 101 cm³/mol. The van der Waals surface area contributed by atoms with Gasteiger partial charge in [0.25, 0.3) is 5.91 Å². The lowest BCUT2D eigenvalue weighted by atomic mass is 10.1. The van der Waals surface area contributed by atoms with Crippen molar-refractivity contribution in [2.24, 2.45) is 0 Å². The maximum Gasteiger partial charge on any atom is 0.275 e. The summed E-state index contributed by atoms with van der Waals surface area (Å²) < 4.78 is 26.5. The van der Waals surface area contributed by atoms with Crippen molar-refractivity contribution in [2.45, 2.75) is 6.04 Å². The Morgan fingerprint density at radius 2 is 1.37 bits per heavy atom. The van der Waals surface area contributed by atoms with E-state index in [4.69, 9.17) is 0 Å². The molecule has 0 radical (unpaired) electrons. The molecule has 134 valence electrons. The lowest BCUT2D eigenvalue weighted by molar-refractivity contribution is -0.114. The van der Waals surface area contributed by atoms with Gasteiger partial charge in [0.05, 0.1) is 6.04 Å². The van der Waals surface area contributed by atoms with E-state index in [-0.39, 0.29) is 23.6 Å². The number of benzene rings is 3. The molecule has 0 aliphatic carbocycles. The number of hydrogen-bond acceptors (Lipinski definition) is 2. The first kappa shape index (κ1) is 17.0. The minimum Gasteiger partial charge on any atom is -0.351 e. The molecular weight excluding hydrogens is 346 g/mol. The van der Waals surface area contributed by atoms with Gasteiger partial charge in [-0.1, -0.05) is 30.3 Å². The Bertz CT molecular complexity index is 983. The third-order valence-corrected chi connectivity index (χ3v) is 4.42. The quantitative estimate of drug-likeness (QED) is 0.704. The van der Waals surface area contributed by atoms with E-state index in [9.17, 15) is 13.6 Å². The predicted octanol–water partition coefficient (Wildman–Crippen LogP) is 5.05. The lowest BCUT2D eigenvalue weighted by Gasteiger charge is -2.25. The summed E-state index contributed by atoms with van der Waals surface area (Å²) in [6, 6.07) is 20.9. The van der Waals surface area contributed by atoms with Crippen LogP contribution in [0.2, 0.25) is 0 Å². The van der Waals surface area contributed by atoms with Gasteiger partial charge in [0.2, 0.25) is 0 Å². The number of nitrogens with zero attached hydrogens (tertiary/aromatic N) is 1. The van der Waals surface area contributed by atoms with Crippen LogP contribution in [0.25, 0.3) is 0 Å². The Balaban J connectivity index is 1.71. The zero-order chi connectivity index (χ0) is 18.8. The average molecular weight is 362 g/mol. The molecule has 0 saturated heterocycles. The van der Waals surface area contributed by atoms with Crippen LogP contribution < -0.4 is 10.2 Å². The van der Waals surface area contributed by atoms with E-state index >= 15 is 0 Å². The molecule has 0 aromatic heterocycles. The minimum absolute atomic E-state index is 0.236. The summed E-state index contributed by atoms with van der Waals surface area (Å²) >= 11 is 0. The molecule has 1 heterocycles. The molecule has 4 rings (SSSR count). The Morgan fingerprint density at radius 1 is 0.778 bits per heavy atom. The second-order valence-electron chi connectivity index (χ2n) is 6.22. The van der Waals surface area contributed by atoms with Gasteiger partial charge in [-0.2, -0.15) is 0 Å². The molecule has 3 aromatic rings. The van der Waals surface area contributed by atoms with E-state index in [2.05, 4.69) is 5.32 Å². The summed E-state index contributed by atoms with van der Waals surface area (Å²) in [5.74, 6) is -0.943. The van der Waals surface area contributed by atoms with Gasteiger partial charge < -0.3 is 5.32 Å². The molecule has 27 heavy (non-hydrogen) atoms. The number of rotatable bonds is 4. The maximum absolute atomic E-state index is 13.3. The van der Waals surface area contributed by atoms with Crippen molar-refractivity contribution in [3.63, 3.8) is 0 Å². The van der Waals surface area contributed by atoms with Gasteiger partial charge in [-0.25, -0.2) is 8.78 Å². The van der Waals surface area contributed by atoms with Gasteiger partial charge in [-0.3, -0.25) is 9.69 Å². The highest BCUT2D eigenvalue weighted by Crippen LogP contribution is 2.36. The molecular formula is C22H16F2N2O. The van der Waals surface area contributed by atoms with Crippen molar-refractivity contribution in [3.8, 4) is 0 Å². The standard InChI is InChI=1S/C22H16F2N2O/c23-16-6-10-18(11-7-16)25-20-14-21(15-4-2-1-3-5-15)26(22(20)27)19-12-8-17(24)9-13-19/h1-14,21,25H/t21-/m0/s1. The van der Waals surface area contributed by atoms with Crippen LogP contribution in [0.1, 0.15) is 11.6 Å². The van der Waals surface area contributed by atoms with Crippen LogP contribution in [0.15, 0.2) is 90.6 Å². The second kappa shape index (κ2) is 7.03. The largest absolute Gasteiger partial charge is 0.351 e. The number of nitrogens with one attached hydrogen (secondary N) is 1. The van der Waals surface area contributed by atoms with E-state index in [1.807, 2.05) is 36.4 Å². The van der Waals surface area contributed by atoms with Gasteiger partial charge in [-0.15, -0.1) is 0 Å². The Kier molecular flexibility index (Phi) is 4.42. The fourth-order valence-electron chi connectivity index (χ4n) is 3.12. The van der Waals surface area contributed by atoms with E-state index in [0.29, 0.717) is 17.1 Å². The van der Waals surface area contributed by atoms with Crippen LogP contribution >= 0.6 is 0 Å². The van der Waals surface area contributed by atoms with Gasteiger partial charge >= 0.3 is 0 Å². The van der Waals surface area contributed by atoms with Crippen LogP contribution in [-0.2, 0) is 4.79 Å². The third-order valence-electron chi connectivity index (χ3n) is 4.42. The molecule has 0 bridgehead atoms. The van der Waals surface area contributed by atoms with Gasteiger partial charge in [0.1, 0.15) is 17.3 Å². The van der Waals surface area contributed by atoms with Crippen molar-refractivity contribution < 1.29 is 13.6 Å². The van der Waals surface area contributed by atoms with E-state index in [1.54, 1.807) is 29.2 Å². The van der Waals surface area contributed by atoms with Crippen molar-refractivity contribution >= 4 is 17.3 Å². The SMILES string of the molecule is O=C1C(Nc2ccc(F)cc2)=C[C@@H](c2ccccc2)N1c1ccc(F)cc1. The zero-order valence-corrected chi connectivity index (χ0v) is 14.3. The lowest BCUT2D eigenvalue weighted by Crippen LogP contribution is -2.30. The molecule has 1 aliphatic heterocycles. The van der Waals surface area contributed by atoms with E-state index < -0.39 is 0 Å². The molecule has 0 spiro atoms. The monoisotopic (exact) mass is 362 g/mol. The van der Waals surface area contributed by atoms with Crippen LogP contribution in [-0.4, -0.2) is 5.91 Å². The number of halogens is 2. The number of carbonyl (C=O) groups is 1. The first-order valence-corrected chi connectivity index (χ1v) is 8.50.